The first-order chi connectivity index (χ1) is 15.8. The van der Waals surface area contributed by atoms with Crippen LogP contribution in [0.5, 0.6) is 0 Å². The second kappa shape index (κ2) is 10.1. The van der Waals surface area contributed by atoms with Crippen LogP contribution in [0.3, 0.4) is 0 Å². The molecule has 2 aromatic rings. The van der Waals surface area contributed by atoms with Gasteiger partial charge in [0.05, 0.1) is 31.2 Å². The van der Waals surface area contributed by atoms with Gasteiger partial charge in [0, 0.05) is 55.7 Å². The fourth-order valence-electron chi connectivity index (χ4n) is 4.54. The summed E-state index contributed by atoms with van der Waals surface area (Å²) in [6.45, 7) is 9.40. The number of amides is 1. The molecule has 4 rings (SSSR count). The summed E-state index contributed by atoms with van der Waals surface area (Å²) in [4.78, 5) is 32.4. The molecule has 0 aliphatic carbocycles. The highest BCUT2D eigenvalue weighted by Crippen LogP contribution is 2.29. The standard InChI is InChI=1S/C25H34N4O4/c1-16(2)23-12-18(5-8-33-23)24(30)27-20-13-21(17(3)26-14-20)19-11-22(25(31)28(4)15-19)29-6-9-32-10-7-29/h11,13-16,18,23H,5-10,12H2,1-4H3,(H,27,30)/t18-,23+/m0/s1. The molecule has 1 amide bonds. The lowest BCUT2D eigenvalue weighted by molar-refractivity contribution is -0.126. The lowest BCUT2D eigenvalue weighted by Gasteiger charge is -2.31. The predicted molar refractivity (Wildman–Crippen MR) is 129 cm³/mol. The van der Waals surface area contributed by atoms with Crippen molar-refractivity contribution in [3.8, 4) is 11.1 Å². The quantitative estimate of drug-likeness (QED) is 0.748. The number of hydrogen-bond donors (Lipinski definition) is 1. The molecule has 2 aliphatic rings. The zero-order chi connectivity index (χ0) is 23.5. The van der Waals surface area contributed by atoms with Gasteiger partial charge in [0.25, 0.3) is 5.56 Å². The molecule has 0 unspecified atom stereocenters. The van der Waals surface area contributed by atoms with Gasteiger partial charge < -0.3 is 24.3 Å². The number of aromatic nitrogens is 2. The number of hydrogen-bond acceptors (Lipinski definition) is 6. The smallest absolute Gasteiger partial charge is 0.273 e. The highest BCUT2D eigenvalue weighted by atomic mass is 16.5. The zero-order valence-corrected chi connectivity index (χ0v) is 20.0. The van der Waals surface area contributed by atoms with Crippen LogP contribution in [0.1, 0.15) is 32.4 Å². The average Bonchev–Trinajstić information content (AvgIpc) is 2.82. The second-order valence-electron chi connectivity index (χ2n) is 9.35. The number of morpholine rings is 1. The molecule has 8 nitrogen and oxygen atoms in total. The Morgan fingerprint density at radius 1 is 1.21 bits per heavy atom. The van der Waals surface area contributed by atoms with Crippen LogP contribution in [0.15, 0.2) is 29.3 Å². The van der Waals surface area contributed by atoms with E-state index in [-0.39, 0.29) is 23.5 Å². The fourth-order valence-corrected chi connectivity index (χ4v) is 4.54. The van der Waals surface area contributed by atoms with Crippen molar-refractivity contribution in [2.24, 2.45) is 18.9 Å². The van der Waals surface area contributed by atoms with Gasteiger partial charge in [0.2, 0.25) is 5.91 Å². The molecule has 0 saturated carbocycles. The third-order valence-electron chi connectivity index (χ3n) is 6.61. The number of nitrogens with zero attached hydrogens (tertiary/aromatic N) is 3. The number of carbonyl (C=O) groups is 1. The van der Waals surface area contributed by atoms with Crippen molar-refractivity contribution in [1.29, 1.82) is 0 Å². The number of ether oxygens (including phenoxy) is 2. The van der Waals surface area contributed by atoms with Crippen molar-refractivity contribution >= 4 is 17.3 Å². The molecule has 8 heteroatoms. The van der Waals surface area contributed by atoms with Gasteiger partial charge in [-0.25, -0.2) is 0 Å². The maximum absolute atomic E-state index is 13.0. The summed E-state index contributed by atoms with van der Waals surface area (Å²) < 4.78 is 12.9. The molecule has 0 spiro atoms. The van der Waals surface area contributed by atoms with Gasteiger partial charge in [-0.2, -0.15) is 0 Å². The van der Waals surface area contributed by atoms with E-state index < -0.39 is 0 Å². The summed E-state index contributed by atoms with van der Waals surface area (Å²) in [7, 11) is 1.76. The van der Waals surface area contributed by atoms with Crippen LogP contribution in [0.2, 0.25) is 0 Å². The number of aryl methyl sites for hydroxylation is 2. The first-order valence-electron chi connectivity index (χ1n) is 11.8. The molecule has 2 aromatic heterocycles. The number of nitrogens with one attached hydrogen (secondary N) is 1. The van der Waals surface area contributed by atoms with Gasteiger partial charge in [0.15, 0.2) is 0 Å². The molecule has 4 heterocycles. The van der Waals surface area contributed by atoms with Gasteiger partial charge in [-0.3, -0.25) is 14.6 Å². The van der Waals surface area contributed by atoms with E-state index in [1.54, 1.807) is 17.8 Å². The monoisotopic (exact) mass is 454 g/mol. The highest BCUT2D eigenvalue weighted by Gasteiger charge is 2.29. The van der Waals surface area contributed by atoms with E-state index in [2.05, 4.69) is 29.0 Å². The minimum absolute atomic E-state index is 0.00928. The maximum atomic E-state index is 13.0. The first kappa shape index (κ1) is 23.4. The number of anilines is 2. The molecule has 2 atom stereocenters. The first-order valence-corrected chi connectivity index (χ1v) is 11.8. The molecule has 2 saturated heterocycles. The number of rotatable bonds is 5. The molecule has 33 heavy (non-hydrogen) atoms. The van der Waals surface area contributed by atoms with Crippen LogP contribution in [-0.4, -0.2) is 54.5 Å². The summed E-state index contributed by atoms with van der Waals surface area (Å²) in [6, 6.07) is 3.87. The van der Waals surface area contributed by atoms with E-state index >= 15 is 0 Å². The van der Waals surface area contributed by atoms with E-state index in [9.17, 15) is 9.59 Å². The van der Waals surface area contributed by atoms with Crippen molar-refractivity contribution < 1.29 is 14.3 Å². The Morgan fingerprint density at radius 3 is 2.70 bits per heavy atom. The summed E-state index contributed by atoms with van der Waals surface area (Å²) >= 11 is 0. The molecule has 2 fully saturated rings. The van der Waals surface area contributed by atoms with E-state index in [0.717, 1.165) is 29.7 Å². The topological polar surface area (TPSA) is 85.7 Å². The normalized spacial score (nSPS) is 21.3. The average molecular weight is 455 g/mol. The Labute approximate surface area is 194 Å². The van der Waals surface area contributed by atoms with Crippen LogP contribution >= 0.6 is 0 Å². The Hall–Kier alpha value is -2.71. The van der Waals surface area contributed by atoms with E-state index in [1.807, 2.05) is 25.3 Å². The van der Waals surface area contributed by atoms with Crippen LogP contribution < -0.4 is 15.8 Å². The molecule has 2 aliphatic heterocycles. The largest absolute Gasteiger partial charge is 0.378 e. The van der Waals surface area contributed by atoms with Crippen molar-refractivity contribution in [1.82, 2.24) is 9.55 Å². The van der Waals surface area contributed by atoms with Crippen molar-refractivity contribution in [3.05, 3.63) is 40.6 Å². The summed E-state index contributed by atoms with van der Waals surface area (Å²) in [5.74, 6) is 0.329. The predicted octanol–water partition coefficient (Wildman–Crippen LogP) is 2.98. The summed E-state index contributed by atoms with van der Waals surface area (Å²) in [5.41, 5.74) is 3.92. The van der Waals surface area contributed by atoms with Gasteiger partial charge in [-0.05, 0) is 37.8 Å². The van der Waals surface area contributed by atoms with Crippen LogP contribution in [0, 0.1) is 18.8 Å². The number of pyridine rings is 2. The lowest BCUT2D eigenvalue weighted by atomic mass is 9.89. The van der Waals surface area contributed by atoms with Gasteiger partial charge >= 0.3 is 0 Å². The van der Waals surface area contributed by atoms with Crippen molar-refractivity contribution in [2.75, 3.05) is 43.1 Å². The summed E-state index contributed by atoms with van der Waals surface area (Å²) in [6.07, 6.45) is 5.10. The number of carbonyl (C=O) groups excluding carboxylic acids is 1. The van der Waals surface area contributed by atoms with Crippen molar-refractivity contribution in [3.63, 3.8) is 0 Å². The maximum Gasteiger partial charge on any atom is 0.273 e. The minimum Gasteiger partial charge on any atom is -0.378 e. The molecule has 0 radical (unpaired) electrons. The third kappa shape index (κ3) is 5.28. The van der Waals surface area contributed by atoms with Gasteiger partial charge in [-0.1, -0.05) is 13.8 Å². The molecule has 0 bridgehead atoms. The second-order valence-corrected chi connectivity index (χ2v) is 9.35. The minimum atomic E-state index is -0.0682. The molecular weight excluding hydrogens is 420 g/mol. The Bertz CT molecular complexity index is 1060. The Balaban J connectivity index is 1.58. The van der Waals surface area contributed by atoms with Crippen LogP contribution in [0.4, 0.5) is 11.4 Å². The Morgan fingerprint density at radius 2 is 1.97 bits per heavy atom. The molecule has 1 N–H and O–H groups in total. The molecular formula is C25H34N4O4. The van der Waals surface area contributed by atoms with Gasteiger partial charge in [0.1, 0.15) is 5.69 Å². The lowest BCUT2D eigenvalue weighted by Crippen LogP contribution is -2.40. The van der Waals surface area contributed by atoms with Gasteiger partial charge in [-0.15, -0.1) is 0 Å². The Kier molecular flexibility index (Phi) is 7.14. The van der Waals surface area contributed by atoms with Crippen LogP contribution in [-0.2, 0) is 21.3 Å². The fraction of sp³-hybridized carbons (Fsp3) is 0.560. The SMILES string of the molecule is Cc1ncc(NC(=O)[C@H]2CCO[C@@H](C(C)C)C2)cc1-c1cc(N2CCOCC2)c(=O)n(C)c1. The van der Waals surface area contributed by atoms with Crippen molar-refractivity contribution in [2.45, 2.75) is 39.7 Å². The van der Waals surface area contributed by atoms with E-state index in [0.29, 0.717) is 50.2 Å². The molecule has 0 aromatic carbocycles. The summed E-state index contributed by atoms with van der Waals surface area (Å²) in [5, 5.41) is 3.06. The highest BCUT2D eigenvalue weighted by molar-refractivity contribution is 5.93. The zero-order valence-electron chi connectivity index (χ0n) is 20.0. The molecule has 178 valence electrons. The van der Waals surface area contributed by atoms with Crippen LogP contribution in [0.25, 0.3) is 11.1 Å². The third-order valence-corrected chi connectivity index (χ3v) is 6.61. The van der Waals surface area contributed by atoms with E-state index in [1.165, 1.54) is 0 Å². The van der Waals surface area contributed by atoms with E-state index in [4.69, 9.17) is 9.47 Å².